The van der Waals surface area contributed by atoms with Crippen molar-refractivity contribution in [3.8, 4) is 0 Å². The molecule has 0 heterocycles. The van der Waals surface area contributed by atoms with Gasteiger partial charge in [-0.1, -0.05) is 65.5 Å². The number of amides is 1. The molecular formula is C36H65ClN2O2. The van der Waals surface area contributed by atoms with Crippen molar-refractivity contribution in [2.45, 2.75) is 112 Å². The lowest BCUT2D eigenvalue weighted by atomic mass is 9.46. The van der Waals surface area contributed by atoms with Gasteiger partial charge in [0, 0.05) is 19.1 Å². The summed E-state index contributed by atoms with van der Waals surface area (Å²) in [7, 11) is 6.56. The Balaban J connectivity index is 0.00000462. The lowest BCUT2D eigenvalue weighted by Crippen LogP contribution is -3.00. The minimum atomic E-state index is 0. The van der Waals surface area contributed by atoms with Crippen LogP contribution in [0.25, 0.3) is 0 Å². The Labute approximate surface area is 260 Å². The zero-order valence-electron chi connectivity index (χ0n) is 28.1. The summed E-state index contributed by atoms with van der Waals surface area (Å²) in [5, 5.41) is 3.24. The van der Waals surface area contributed by atoms with Gasteiger partial charge in [0.15, 0.2) is 0 Å². The SMILES string of the molecule is CC(C)CCC[C@@H](C)[C@H]1CCC2C3CC=C4CC(C(=O)NCCCOCC[N+](C)(C)C)CC[C@]4(C)C3CC[C@@]21C.[Cl-]. The maximum absolute atomic E-state index is 13.1. The molecule has 0 aliphatic heterocycles. The van der Waals surface area contributed by atoms with Gasteiger partial charge in [-0.3, -0.25) is 4.79 Å². The van der Waals surface area contributed by atoms with Crippen LogP contribution in [0, 0.1) is 52.3 Å². The summed E-state index contributed by atoms with van der Waals surface area (Å²) in [6.45, 7) is 15.9. The Kier molecular flexibility index (Phi) is 12.3. The smallest absolute Gasteiger partial charge is 0.223 e. The third-order valence-electron chi connectivity index (χ3n) is 12.3. The van der Waals surface area contributed by atoms with Crippen molar-refractivity contribution < 1.29 is 26.4 Å². The van der Waals surface area contributed by atoms with Crippen molar-refractivity contribution in [1.29, 1.82) is 0 Å². The molecule has 1 N–H and O–H groups in total. The maximum atomic E-state index is 13.1. The number of quaternary nitrogens is 1. The summed E-state index contributed by atoms with van der Waals surface area (Å²) >= 11 is 0. The van der Waals surface area contributed by atoms with Gasteiger partial charge in [0.2, 0.25) is 5.91 Å². The van der Waals surface area contributed by atoms with Crippen LogP contribution in [0.15, 0.2) is 11.6 Å². The minimum Gasteiger partial charge on any atom is -1.00 e. The van der Waals surface area contributed by atoms with Gasteiger partial charge in [-0.25, -0.2) is 0 Å². The molecule has 0 aromatic carbocycles. The Bertz CT molecular complexity index is 881. The summed E-state index contributed by atoms with van der Waals surface area (Å²) in [5.41, 5.74) is 2.50. The molecule has 0 radical (unpaired) electrons. The zero-order chi connectivity index (χ0) is 29.1. The quantitative estimate of drug-likeness (QED) is 0.188. The second-order valence-electron chi connectivity index (χ2n) is 16.5. The molecule has 0 aromatic rings. The Morgan fingerprint density at radius 2 is 1.76 bits per heavy atom. The van der Waals surface area contributed by atoms with Gasteiger partial charge >= 0.3 is 0 Å². The molecule has 1 amide bonds. The number of hydrogen-bond donors (Lipinski definition) is 1. The molecule has 5 heteroatoms. The summed E-state index contributed by atoms with van der Waals surface area (Å²) in [6.07, 6.45) is 18.0. The van der Waals surface area contributed by atoms with E-state index in [0.717, 1.165) is 85.6 Å². The second kappa shape index (κ2) is 14.5. The van der Waals surface area contributed by atoms with Crippen LogP contribution in [-0.2, 0) is 9.53 Å². The lowest BCUT2D eigenvalue weighted by Gasteiger charge is -2.58. The van der Waals surface area contributed by atoms with E-state index < -0.39 is 0 Å². The number of fused-ring (bicyclic) bond motifs is 5. The Hall–Kier alpha value is -0.580. The predicted octanol–water partition coefficient (Wildman–Crippen LogP) is 4.88. The summed E-state index contributed by atoms with van der Waals surface area (Å²) in [5.74, 6) is 5.66. The van der Waals surface area contributed by atoms with Crippen molar-refractivity contribution in [2.24, 2.45) is 52.3 Å². The van der Waals surface area contributed by atoms with Gasteiger partial charge in [-0.05, 0) is 104 Å². The van der Waals surface area contributed by atoms with E-state index in [-0.39, 0.29) is 24.2 Å². The molecule has 238 valence electrons. The molecule has 4 nitrogen and oxygen atoms in total. The Morgan fingerprint density at radius 3 is 2.46 bits per heavy atom. The average molecular weight is 593 g/mol. The first-order valence-electron chi connectivity index (χ1n) is 17.2. The molecule has 4 rings (SSSR count). The van der Waals surface area contributed by atoms with Crippen LogP contribution in [0.1, 0.15) is 112 Å². The van der Waals surface area contributed by atoms with Crippen LogP contribution in [0.2, 0.25) is 0 Å². The van der Waals surface area contributed by atoms with E-state index in [1.807, 2.05) is 0 Å². The third-order valence-corrected chi connectivity index (χ3v) is 12.3. The van der Waals surface area contributed by atoms with E-state index in [2.05, 4.69) is 67.2 Å². The molecule has 0 aromatic heterocycles. The first kappa shape index (κ1) is 34.9. The maximum Gasteiger partial charge on any atom is 0.223 e. The number of likely N-dealkylation sites (N-methyl/N-ethyl adjacent to an activating group) is 1. The van der Waals surface area contributed by atoms with Gasteiger partial charge in [0.05, 0.1) is 27.7 Å². The number of hydrogen-bond acceptors (Lipinski definition) is 2. The van der Waals surface area contributed by atoms with Crippen LogP contribution in [0.4, 0.5) is 0 Å². The first-order valence-corrected chi connectivity index (χ1v) is 17.2. The fraction of sp³-hybridized carbons (Fsp3) is 0.917. The third kappa shape index (κ3) is 8.13. The van der Waals surface area contributed by atoms with E-state index in [9.17, 15) is 4.79 Å². The van der Waals surface area contributed by atoms with Crippen molar-refractivity contribution in [1.82, 2.24) is 5.32 Å². The van der Waals surface area contributed by atoms with Crippen molar-refractivity contribution >= 4 is 5.91 Å². The Morgan fingerprint density at radius 1 is 1.00 bits per heavy atom. The number of ether oxygens (including phenoxy) is 1. The van der Waals surface area contributed by atoms with E-state index in [0.29, 0.717) is 10.8 Å². The molecule has 3 saturated carbocycles. The molecular weight excluding hydrogens is 528 g/mol. The van der Waals surface area contributed by atoms with Crippen LogP contribution in [0.3, 0.4) is 0 Å². The minimum absolute atomic E-state index is 0. The van der Waals surface area contributed by atoms with Gasteiger partial charge in [-0.2, -0.15) is 0 Å². The number of carbonyl (C=O) groups is 1. The topological polar surface area (TPSA) is 38.3 Å². The fourth-order valence-corrected chi connectivity index (χ4v) is 9.88. The number of nitrogens with zero attached hydrogens (tertiary/aromatic N) is 1. The van der Waals surface area contributed by atoms with Crippen LogP contribution >= 0.6 is 0 Å². The van der Waals surface area contributed by atoms with Gasteiger partial charge in [0.25, 0.3) is 0 Å². The van der Waals surface area contributed by atoms with Crippen molar-refractivity contribution in [3.05, 3.63) is 11.6 Å². The monoisotopic (exact) mass is 592 g/mol. The average Bonchev–Trinajstić information content (AvgIpc) is 3.24. The van der Waals surface area contributed by atoms with Gasteiger partial charge < -0.3 is 26.9 Å². The van der Waals surface area contributed by atoms with E-state index in [1.165, 1.54) is 57.8 Å². The van der Waals surface area contributed by atoms with Gasteiger partial charge in [0.1, 0.15) is 6.54 Å². The highest BCUT2D eigenvalue weighted by Crippen LogP contribution is 2.67. The molecule has 4 aliphatic rings. The lowest BCUT2D eigenvalue weighted by molar-refractivity contribution is -0.870. The molecule has 0 bridgehead atoms. The number of halogens is 1. The molecule has 4 aliphatic carbocycles. The second-order valence-corrected chi connectivity index (χ2v) is 16.5. The van der Waals surface area contributed by atoms with Crippen LogP contribution in [0.5, 0.6) is 0 Å². The fourth-order valence-electron chi connectivity index (χ4n) is 9.88. The van der Waals surface area contributed by atoms with E-state index in [4.69, 9.17) is 4.74 Å². The van der Waals surface area contributed by atoms with Crippen LogP contribution in [-0.4, -0.2) is 57.8 Å². The van der Waals surface area contributed by atoms with E-state index >= 15 is 0 Å². The number of carbonyl (C=O) groups excluding carboxylic acids is 1. The number of allylic oxidation sites excluding steroid dienone is 2. The summed E-state index contributed by atoms with van der Waals surface area (Å²) in [4.78, 5) is 13.1. The number of nitrogens with one attached hydrogen (secondary N) is 1. The molecule has 0 spiro atoms. The summed E-state index contributed by atoms with van der Waals surface area (Å²) < 4.78 is 6.70. The highest BCUT2D eigenvalue weighted by molar-refractivity contribution is 5.79. The highest BCUT2D eigenvalue weighted by atomic mass is 35.5. The number of rotatable bonds is 13. The largest absolute Gasteiger partial charge is 1.00 e. The molecule has 8 atom stereocenters. The standard InChI is InChI=1S/C36H64N2O2.ClH/c1-26(2)11-9-12-27(3)31-15-16-32-30-14-13-29-25-28(17-19-35(29,4)33(30)18-20-36(31,32)5)34(39)37-21-10-23-40-24-22-38(6,7)8;/h13,26-28,30-33H,9-12,14-25H2,1-8H3;1H/t27-,28?,30?,31-,32?,33?,35+,36-;/m1./s1. The van der Waals surface area contributed by atoms with Crippen LogP contribution < -0.4 is 17.7 Å². The molecule has 4 unspecified atom stereocenters. The first-order chi connectivity index (χ1) is 18.8. The van der Waals surface area contributed by atoms with E-state index in [1.54, 1.807) is 5.57 Å². The molecule has 41 heavy (non-hydrogen) atoms. The summed E-state index contributed by atoms with van der Waals surface area (Å²) in [6, 6.07) is 0. The van der Waals surface area contributed by atoms with Crippen molar-refractivity contribution in [2.75, 3.05) is 47.4 Å². The van der Waals surface area contributed by atoms with Crippen molar-refractivity contribution in [3.63, 3.8) is 0 Å². The predicted molar refractivity (Wildman–Crippen MR) is 168 cm³/mol. The zero-order valence-corrected chi connectivity index (χ0v) is 28.8. The molecule has 3 fully saturated rings. The normalized spacial score (nSPS) is 35.5. The van der Waals surface area contributed by atoms with Gasteiger partial charge in [-0.15, -0.1) is 0 Å². The highest BCUT2D eigenvalue weighted by Gasteiger charge is 2.59. The molecule has 0 saturated heterocycles.